The zero-order chi connectivity index (χ0) is 16.9. The minimum atomic E-state index is -0.516. The van der Waals surface area contributed by atoms with Crippen LogP contribution in [0.15, 0.2) is 67.3 Å². The quantitative estimate of drug-likeness (QED) is 0.567. The average molecular weight is 323 g/mol. The van der Waals surface area contributed by atoms with Crippen molar-refractivity contribution in [1.82, 2.24) is 9.55 Å². The number of benzene rings is 2. The lowest BCUT2D eigenvalue weighted by Crippen LogP contribution is -2.20. The third-order valence-corrected chi connectivity index (χ3v) is 3.25. The molecule has 120 valence electrons. The Labute approximate surface area is 136 Å². The SMILES string of the molecule is O=C(Nc1cccc([N+](=O)[O-])c1)Nc1ccccc1-n1ccnc1. The average Bonchev–Trinajstić information content (AvgIpc) is 3.10. The molecule has 2 N–H and O–H groups in total. The van der Waals surface area contributed by atoms with Crippen LogP contribution < -0.4 is 10.6 Å². The molecule has 2 aromatic carbocycles. The maximum absolute atomic E-state index is 12.2. The van der Waals surface area contributed by atoms with E-state index in [1.54, 1.807) is 41.5 Å². The van der Waals surface area contributed by atoms with E-state index in [0.29, 0.717) is 11.4 Å². The number of nitro groups is 1. The van der Waals surface area contributed by atoms with E-state index in [0.717, 1.165) is 5.69 Å². The summed E-state index contributed by atoms with van der Waals surface area (Å²) in [4.78, 5) is 26.4. The Bertz CT molecular complexity index is 877. The highest BCUT2D eigenvalue weighted by atomic mass is 16.6. The molecule has 1 aromatic heterocycles. The summed E-state index contributed by atoms with van der Waals surface area (Å²) in [6.07, 6.45) is 5.03. The van der Waals surface area contributed by atoms with Crippen molar-refractivity contribution in [3.8, 4) is 5.69 Å². The van der Waals surface area contributed by atoms with Gasteiger partial charge in [0, 0.05) is 30.2 Å². The van der Waals surface area contributed by atoms with Gasteiger partial charge in [-0.1, -0.05) is 18.2 Å². The minimum absolute atomic E-state index is 0.0911. The molecular weight excluding hydrogens is 310 g/mol. The van der Waals surface area contributed by atoms with Crippen molar-refractivity contribution in [2.75, 3.05) is 10.6 Å². The van der Waals surface area contributed by atoms with Crippen molar-refractivity contribution in [3.63, 3.8) is 0 Å². The molecule has 0 radical (unpaired) electrons. The molecule has 0 fully saturated rings. The van der Waals surface area contributed by atoms with Crippen LogP contribution in [0, 0.1) is 10.1 Å². The molecular formula is C16H13N5O3. The van der Waals surface area contributed by atoms with E-state index < -0.39 is 11.0 Å². The van der Waals surface area contributed by atoms with E-state index in [1.165, 1.54) is 18.2 Å². The summed E-state index contributed by atoms with van der Waals surface area (Å²) in [6.45, 7) is 0. The monoisotopic (exact) mass is 323 g/mol. The summed E-state index contributed by atoms with van der Waals surface area (Å²) in [5.41, 5.74) is 1.58. The number of urea groups is 1. The van der Waals surface area contributed by atoms with Crippen LogP contribution in [0.2, 0.25) is 0 Å². The molecule has 1 heterocycles. The Hall–Kier alpha value is -3.68. The van der Waals surface area contributed by atoms with Gasteiger partial charge in [0.25, 0.3) is 5.69 Å². The van der Waals surface area contributed by atoms with E-state index in [9.17, 15) is 14.9 Å². The first-order chi connectivity index (χ1) is 11.6. The molecule has 0 bridgehead atoms. The number of non-ortho nitro benzene ring substituents is 1. The van der Waals surface area contributed by atoms with Gasteiger partial charge in [-0.3, -0.25) is 10.1 Å². The fourth-order valence-corrected chi connectivity index (χ4v) is 2.19. The second-order valence-electron chi connectivity index (χ2n) is 4.87. The third-order valence-electron chi connectivity index (χ3n) is 3.25. The Morgan fingerprint density at radius 3 is 2.71 bits per heavy atom. The zero-order valence-electron chi connectivity index (χ0n) is 12.4. The lowest BCUT2D eigenvalue weighted by atomic mass is 10.2. The number of anilines is 2. The Morgan fingerprint density at radius 1 is 1.12 bits per heavy atom. The van der Waals surface area contributed by atoms with Gasteiger partial charge < -0.3 is 15.2 Å². The van der Waals surface area contributed by atoms with E-state index in [1.807, 2.05) is 12.1 Å². The number of hydrogen-bond donors (Lipinski definition) is 2. The first kappa shape index (κ1) is 15.2. The van der Waals surface area contributed by atoms with E-state index in [4.69, 9.17) is 0 Å². The highest BCUT2D eigenvalue weighted by molar-refractivity contribution is 6.01. The summed E-state index contributed by atoms with van der Waals surface area (Å²) in [5.74, 6) is 0. The molecule has 0 aliphatic heterocycles. The number of amides is 2. The molecule has 2 amide bonds. The molecule has 0 saturated heterocycles. The maximum Gasteiger partial charge on any atom is 0.323 e. The van der Waals surface area contributed by atoms with E-state index in [2.05, 4.69) is 15.6 Å². The summed E-state index contributed by atoms with van der Waals surface area (Å²) in [7, 11) is 0. The summed E-state index contributed by atoms with van der Waals surface area (Å²) in [6, 6.07) is 12.5. The standard InChI is InChI=1S/C16H13N5O3/c22-16(18-12-4-3-5-13(10-12)21(23)24)19-14-6-1-2-7-15(14)20-9-8-17-11-20/h1-11H,(H2,18,19,22). The number of carbonyl (C=O) groups excluding carboxylic acids is 1. The van der Waals surface area contributed by atoms with Crippen molar-refractivity contribution in [1.29, 1.82) is 0 Å². The van der Waals surface area contributed by atoms with Gasteiger partial charge in [0.1, 0.15) is 0 Å². The van der Waals surface area contributed by atoms with Gasteiger partial charge in [-0.15, -0.1) is 0 Å². The van der Waals surface area contributed by atoms with E-state index >= 15 is 0 Å². The highest BCUT2D eigenvalue weighted by Crippen LogP contribution is 2.21. The lowest BCUT2D eigenvalue weighted by molar-refractivity contribution is -0.384. The molecule has 0 atom stereocenters. The van der Waals surface area contributed by atoms with Gasteiger partial charge in [0.2, 0.25) is 0 Å². The van der Waals surface area contributed by atoms with Gasteiger partial charge in [0.05, 0.1) is 22.6 Å². The summed E-state index contributed by atoms with van der Waals surface area (Å²) >= 11 is 0. The minimum Gasteiger partial charge on any atom is -0.307 e. The van der Waals surface area contributed by atoms with Crippen LogP contribution in [-0.2, 0) is 0 Å². The van der Waals surface area contributed by atoms with Crippen molar-refractivity contribution < 1.29 is 9.72 Å². The normalized spacial score (nSPS) is 10.2. The van der Waals surface area contributed by atoms with Gasteiger partial charge in [-0.2, -0.15) is 0 Å². The molecule has 0 aliphatic rings. The second kappa shape index (κ2) is 6.61. The van der Waals surface area contributed by atoms with Crippen LogP contribution in [0.5, 0.6) is 0 Å². The molecule has 0 spiro atoms. The van der Waals surface area contributed by atoms with Crippen LogP contribution in [0.3, 0.4) is 0 Å². The Balaban J connectivity index is 1.77. The van der Waals surface area contributed by atoms with Crippen molar-refractivity contribution in [2.24, 2.45) is 0 Å². The molecule has 8 heteroatoms. The molecule has 0 unspecified atom stereocenters. The molecule has 24 heavy (non-hydrogen) atoms. The first-order valence-corrected chi connectivity index (χ1v) is 7.03. The van der Waals surface area contributed by atoms with Crippen molar-refractivity contribution >= 4 is 23.1 Å². The number of para-hydroxylation sites is 2. The number of nitrogens with one attached hydrogen (secondary N) is 2. The summed E-state index contributed by atoms with van der Waals surface area (Å²) in [5, 5.41) is 16.1. The number of nitro benzene ring substituents is 1. The fourth-order valence-electron chi connectivity index (χ4n) is 2.19. The van der Waals surface area contributed by atoms with Gasteiger partial charge in [-0.25, -0.2) is 9.78 Å². The van der Waals surface area contributed by atoms with Crippen LogP contribution in [0.4, 0.5) is 21.9 Å². The second-order valence-corrected chi connectivity index (χ2v) is 4.87. The Morgan fingerprint density at radius 2 is 1.96 bits per heavy atom. The third kappa shape index (κ3) is 3.38. The van der Waals surface area contributed by atoms with Crippen LogP contribution in [0.1, 0.15) is 0 Å². The molecule has 3 aromatic rings. The fraction of sp³-hybridized carbons (Fsp3) is 0. The number of imidazole rings is 1. The first-order valence-electron chi connectivity index (χ1n) is 7.03. The number of rotatable bonds is 4. The molecule has 8 nitrogen and oxygen atoms in total. The summed E-state index contributed by atoms with van der Waals surface area (Å²) < 4.78 is 1.77. The van der Waals surface area contributed by atoms with Crippen molar-refractivity contribution in [3.05, 3.63) is 77.4 Å². The lowest BCUT2D eigenvalue weighted by Gasteiger charge is -2.12. The van der Waals surface area contributed by atoms with Gasteiger partial charge >= 0.3 is 6.03 Å². The van der Waals surface area contributed by atoms with Gasteiger partial charge in [0.15, 0.2) is 0 Å². The number of nitrogens with zero attached hydrogens (tertiary/aromatic N) is 3. The van der Waals surface area contributed by atoms with Crippen LogP contribution in [-0.4, -0.2) is 20.5 Å². The van der Waals surface area contributed by atoms with Gasteiger partial charge in [-0.05, 0) is 18.2 Å². The smallest absolute Gasteiger partial charge is 0.307 e. The predicted molar refractivity (Wildman–Crippen MR) is 89.3 cm³/mol. The topological polar surface area (TPSA) is 102 Å². The molecule has 3 rings (SSSR count). The number of aromatic nitrogens is 2. The number of carbonyl (C=O) groups is 1. The number of hydrogen-bond acceptors (Lipinski definition) is 4. The predicted octanol–water partition coefficient (Wildman–Crippen LogP) is 3.42. The highest BCUT2D eigenvalue weighted by Gasteiger charge is 2.10. The Kier molecular flexibility index (Phi) is 4.19. The molecule has 0 saturated carbocycles. The maximum atomic E-state index is 12.2. The van der Waals surface area contributed by atoms with E-state index in [-0.39, 0.29) is 5.69 Å². The zero-order valence-corrected chi connectivity index (χ0v) is 12.4. The largest absolute Gasteiger partial charge is 0.323 e. The molecule has 0 aliphatic carbocycles. The van der Waals surface area contributed by atoms with Crippen molar-refractivity contribution in [2.45, 2.75) is 0 Å². The van der Waals surface area contributed by atoms with Crippen LogP contribution in [0.25, 0.3) is 5.69 Å². The van der Waals surface area contributed by atoms with Crippen LogP contribution >= 0.6 is 0 Å².